The number of aliphatic carboxylic acids is 1. The highest BCUT2D eigenvalue weighted by Gasteiger charge is 2.34. The predicted molar refractivity (Wildman–Crippen MR) is 115 cm³/mol. The van der Waals surface area contributed by atoms with Crippen molar-refractivity contribution >= 4 is 5.97 Å². The molecule has 5 nitrogen and oxygen atoms in total. The summed E-state index contributed by atoms with van der Waals surface area (Å²) in [6, 6.07) is 8.78. The summed E-state index contributed by atoms with van der Waals surface area (Å²) in [7, 11) is 1.60. The Morgan fingerprint density at radius 3 is 2.61 bits per heavy atom. The second-order valence-electron chi connectivity index (χ2n) is 8.89. The highest BCUT2D eigenvalue weighted by molar-refractivity contribution is 5.68. The first-order valence-corrected chi connectivity index (χ1v) is 11.2. The number of halogens is 1. The molecule has 2 aliphatic rings. The van der Waals surface area contributed by atoms with Crippen molar-refractivity contribution in [1.82, 2.24) is 4.98 Å². The van der Waals surface area contributed by atoms with E-state index in [1.165, 1.54) is 6.07 Å². The van der Waals surface area contributed by atoms with Crippen molar-refractivity contribution in [2.75, 3.05) is 13.7 Å². The summed E-state index contributed by atoms with van der Waals surface area (Å²) >= 11 is 0. The summed E-state index contributed by atoms with van der Waals surface area (Å²) in [5.41, 5.74) is 1.75. The highest BCUT2D eigenvalue weighted by atomic mass is 19.1. The number of hydrogen-bond donors (Lipinski definition) is 1. The van der Waals surface area contributed by atoms with Crippen LogP contribution in [0.2, 0.25) is 0 Å². The zero-order valence-corrected chi connectivity index (χ0v) is 17.9. The molecule has 1 unspecified atom stereocenters. The van der Waals surface area contributed by atoms with E-state index < -0.39 is 5.97 Å². The summed E-state index contributed by atoms with van der Waals surface area (Å²) in [4.78, 5) is 15.6. The molecule has 0 amide bonds. The molecule has 6 heteroatoms. The Morgan fingerprint density at radius 2 is 1.94 bits per heavy atom. The molecule has 2 aromatic rings. The maximum Gasteiger partial charge on any atom is 0.303 e. The zero-order valence-electron chi connectivity index (χ0n) is 17.9. The topological polar surface area (TPSA) is 68.7 Å². The van der Waals surface area contributed by atoms with E-state index >= 15 is 0 Å². The minimum atomic E-state index is -0.764. The van der Waals surface area contributed by atoms with Gasteiger partial charge in [0, 0.05) is 12.3 Å². The fourth-order valence-electron chi connectivity index (χ4n) is 4.78. The molecule has 1 atom stereocenters. The van der Waals surface area contributed by atoms with Gasteiger partial charge < -0.3 is 14.6 Å². The van der Waals surface area contributed by atoms with Crippen LogP contribution in [0.1, 0.15) is 67.9 Å². The Morgan fingerprint density at radius 1 is 1.16 bits per heavy atom. The van der Waals surface area contributed by atoms with Crippen LogP contribution in [-0.2, 0) is 4.79 Å². The molecule has 31 heavy (non-hydrogen) atoms. The molecule has 0 bridgehead atoms. The van der Waals surface area contributed by atoms with Gasteiger partial charge in [-0.2, -0.15) is 0 Å². The molecule has 1 aromatic heterocycles. The third-order valence-corrected chi connectivity index (χ3v) is 6.73. The van der Waals surface area contributed by atoms with Gasteiger partial charge in [-0.05, 0) is 97.6 Å². The standard InChI is InChI=1S/C25H30FNO4/c1-30-20-8-9-23(26)22(13-20)18-4-2-16(3-5-18)15-31-24-12-19(10-11-27-24)21(14-25(28)29)17-6-7-17/h8-13,16-18,21H,2-7,14-15H2,1H3,(H,28,29)/t16-,18+,21?. The monoisotopic (exact) mass is 427 g/mol. The van der Waals surface area contributed by atoms with E-state index in [-0.39, 0.29) is 24.1 Å². The molecule has 2 aliphatic carbocycles. The lowest BCUT2D eigenvalue weighted by Gasteiger charge is -2.29. The molecule has 0 saturated heterocycles. The van der Waals surface area contributed by atoms with E-state index in [2.05, 4.69) is 4.98 Å². The maximum atomic E-state index is 14.3. The molecule has 0 radical (unpaired) electrons. The second kappa shape index (κ2) is 9.67. The SMILES string of the molecule is COc1ccc(F)c([C@H]2CC[C@@H](COc3cc(C(CC(=O)O)C4CC4)ccn3)CC2)c1. The summed E-state index contributed by atoms with van der Waals surface area (Å²) in [6.07, 6.45) is 7.85. The number of pyridine rings is 1. The number of carboxylic acid groups (broad SMARTS) is 1. The first kappa shape index (κ1) is 21.6. The van der Waals surface area contributed by atoms with Crippen molar-refractivity contribution in [3.05, 3.63) is 53.5 Å². The maximum absolute atomic E-state index is 14.3. The minimum absolute atomic E-state index is 0.0380. The average molecular weight is 428 g/mol. The van der Waals surface area contributed by atoms with Crippen molar-refractivity contribution < 1.29 is 23.8 Å². The van der Waals surface area contributed by atoms with E-state index in [0.717, 1.165) is 49.7 Å². The van der Waals surface area contributed by atoms with Crippen LogP contribution < -0.4 is 9.47 Å². The Labute approximate surface area is 182 Å². The lowest BCUT2D eigenvalue weighted by Crippen LogP contribution is -2.20. The van der Waals surface area contributed by atoms with E-state index in [4.69, 9.17) is 9.47 Å². The molecule has 0 aliphatic heterocycles. The normalized spacial score (nSPS) is 22.0. The number of ether oxygens (including phenoxy) is 2. The van der Waals surface area contributed by atoms with Crippen LogP contribution >= 0.6 is 0 Å². The summed E-state index contributed by atoms with van der Waals surface area (Å²) < 4.78 is 25.5. The van der Waals surface area contributed by atoms with Crippen molar-refractivity contribution in [1.29, 1.82) is 0 Å². The van der Waals surface area contributed by atoms with Crippen LogP contribution in [0.5, 0.6) is 11.6 Å². The van der Waals surface area contributed by atoms with Crippen LogP contribution in [0.25, 0.3) is 0 Å². The average Bonchev–Trinajstić information content (AvgIpc) is 3.62. The van der Waals surface area contributed by atoms with Gasteiger partial charge in [0.2, 0.25) is 5.88 Å². The zero-order chi connectivity index (χ0) is 21.8. The van der Waals surface area contributed by atoms with Gasteiger partial charge in [0.15, 0.2) is 0 Å². The van der Waals surface area contributed by atoms with E-state index in [1.54, 1.807) is 19.4 Å². The van der Waals surface area contributed by atoms with Crippen LogP contribution in [0.15, 0.2) is 36.5 Å². The quantitative estimate of drug-likeness (QED) is 0.568. The largest absolute Gasteiger partial charge is 0.497 e. The van der Waals surface area contributed by atoms with Crippen molar-refractivity contribution in [2.24, 2.45) is 11.8 Å². The Balaban J connectivity index is 1.31. The lowest BCUT2D eigenvalue weighted by molar-refractivity contribution is -0.137. The first-order chi connectivity index (χ1) is 15.0. The van der Waals surface area contributed by atoms with Gasteiger partial charge in [-0.1, -0.05) is 0 Å². The Bertz CT molecular complexity index is 906. The molecule has 1 heterocycles. The van der Waals surface area contributed by atoms with Gasteiger partial charge in [0.05, 0.1) is 20.1 Å². The number of rotatable bonds is 9. The van der Waals surface area contributed by atoms with E-state index in [9.17, 15) is 14.3 Å². The van der Waals surface area contributed by atoms with Gasteiger partial charge in [-0.3, -0.25) is 4.79 Å². The number of hydrogen-bond acceptors (Lipinski definition) is 4. The van der Waals surface area contributed by atoms with Crippen LogP contribution in [-0.4, -0.2) is 29.8 Å². The van der Waals surface area contributed by atoms with Crippen molar-refractivity contribution in [3.63, 3.8) is 0 Å². The molecule has 4 rings (SSSR count). The number of carboxylic acids is 1. The number of benzene rings is 1. The summed E-state index contributed by atoms with van der Waals surface area (Å²) in [6.45, 7) is 0.580. The molecule has 2 saturated carbocycles. The third-order valence-electron chi connectivity index (χ3n) is 6.73. The Kier molecular flexibility index (Phi) is 6.73. The third kappa shape index (κ3) is 5.54. The first-order valence-electron chi connectivity index (χ1n) is 11.2. The lowest BCUT2D eigenvalue weighted by atomic mass is 9.79. The number of carbonyl (C=O) groups is 1. The van der Waals surface area contributed by atoms with Crippen LogP contribution in [0.4, 0.5) is 4.39 Å². The summed E-state index contributed by atoms with van der Waals surface area (Å²) in [5, 5.41) is 9.24. The molecule has 1 aromatic carbocycles. The number of nitrogens with zero attached hydrogens (tertiary/aromatic N) is 1. The number of methoxy groups -OCH3 is 1. The van der Waals surface area contributed by atoms with Crippen molar-refractivity contribution in [3.8, 4) is 11.6 Å². The van der Waals surface area contributed by atoms with E-state index in [0.29, 0.717) is 30.1 Å². The van der Waals surface area contributed by atoms with Gasteiger partial charge in [-0.25, -0.2) is 9.37 Å². The Hall–Kier alpha value is -2.63. The van der Waals surface area contributed by atoms with Crippen LogP contribution in [0, 0.1) is 17.7 Å². The number of aromatic nitrogens is 1. The van der Waals surface area contributed by atoms with E-state index in [1.807, 2.05) is 18.2 Å². The van der Waals surface area contributed by atoms with Gasteiger partial charge in [0.25, 0.3) is 0 Å². The molecular weight excluding hydrogens is 397 g/mol. The van der Waals surface area contributed by atoms with Gasteiger partial charge >= 0.3 is 5.97 Å². The molecule has 166 valence electrons. The molecule has 2 fully saturated rings. The van der Waals surface area contributed by atoms with Gasteiger partial charge in [-0.15, -0.1) is 0 Å². The fourth-order valence-corrected chi connectivity index (χ4v) is 4.78. The van der Waals surface area contributed by atoms with Crippen molar-refractivity contribution in [2.45, 2.75) is 56.8 Å². The predicted octanol–water partition coefficient (Wildman–Crippen LogP) is 5.55. The highest BCUT2D eigenvalue weighted by Crippen LogP contribution is 2.45. The minimum Gasteiger partial charge on any atom is -0.497 e. The summed E-state index contributed by atoms with van der Waals surface area (Å²) in [5.74, 6) is 1.45. The van der Waals surface area contributed by atoms with Gasteiger partial charge in [0.1, 0.15) is 11.6 Å². The smallest absolute Gasteiger partial charge is 0.303 e. The molecule has 1 N–H and O–H groups in total. The molecular formula is C25H30FNO4. The van der Waals surface area contributed by atoms with Crippen LogP contribution in [0.3, 0.4) is 0 Å². The second-order valence-corrected chi connectivity index (χ2v) is 8.89. The molecule has 0 spiro atoms. The fraction of sp³-hybridized carbons (Fsp3) is 0.520.